The van der Waals surface area contributed by atoms with Crippen LogP contribution in [0.15, 0.2) is 42.0 Å². The molecule has 0 bridgehead atoms. The summed E-state index contributed by atoms with van der Waals surface area (Å²) < 4.78 is 5.60. The van der Waals surface area contributed by atoms with Gasteiger partial charge in [-0.1, -0.05) is 29.8 Å². The Morgan fingerprint density at radius 2 is 1.96 bits per heavy atom. The molecule has 2 aliphatic rings. The number of hydrogen-bond acceptors (Lipinski definition) is 3. The van der Waals surface area contributed by atoms with Crippen molar-refractivity contribution in [2.45, 2.75) is 57.1 Å². The van der Waals surface area contributed by atoms with Crippen molar-refractivity contribution in [2.24, 2.45) is 5.92 Å². The number of amides is 3. The Balaban J connectivity index is 1.46. The van der Waals surface area contributed by atoms with Crippen molar-refractivity contribution in [1.82, 2.24) is 10.6 Å². The molecule has 1 aromatic carbocycles. The second kappa shape index (κ2) is 10.3. The standard InChI is InChI=1S/C22H31N3O3/c1-28-20-14-17(21(26)23-15-16-8-4-2-5-9-16)12-13-19(20)25-22(27)24-18-10-6-3-7-11-18/h3,6-8,10-11,17,19-20H,2,4-5,9,12-15H2,1H3,(H,23,26)(H2,24,25,27)/t17-,19+,20+/m0/s1. The lowest BCUT2D eigenvalue weighted by atomic mass is 9.83. The maximum Gasteiger partial charge on any atom is 0.319 e. The zero-order valence-corrected chi connectivity index (χ0v) is 16.6. The van der Waals surface area contributed by atoms with Crippen molar-refractivity contribution >= 4 is 17.6 Å². The number of urea groups is 1. The minimum Gasteiger partial charge on any atom is -0.379 e. The van der Waals surface area contributed by atoms with E-state index < -0.39 is 0 Å². The molecule has 0 unspecified atom stereocenters. The highest BCUT2D eigenvalue weighted by Gasteiger charge is 2.34. The maximum atomic E-state index is 12.6. The van der Waals surface area contributed by atoms with Gasteiger partial charge in [0.15, 0.2) is 0 Å². The number of allylic oxidation sites excluding steroid dienone is 1. The number of carbonyl (C=O) groups is 2. The summed E-state index contributed by atoms with van der Waals surface area (Å²) in [6.45, 7) is 0.661. The summed E-state index contributed by atoms with van der Waals surface area (Å²) in [5.41, 5.74) is 2.09. The third kappa shape index (κ3) is 5.83. The minimum absolute atomic E-state index is 0.0654. The van der Waals surface area contributed by atoms with Crippen LogP contribution in [-0.2, 0) is 9.53 Å². The second-order valence-electron chi connectivity index (χ2n) is 7.68. The summed E-state index contributed by atoms with van der Waals surface area (Å²) >= 11 is 0. The Bertz CT molecular complexity index is 690. The van der Waals surface area contributed by atoms with Crippen LogP contribution in [-0.4, -0.2) is 37.7 Å². The van der Waals surface area contributed by atoms with Gasteiger partial charge >= 0.3 is 6.03 Å². The van der Waals surface area contributed by atoms with Crippen LogP contribution < -0.4 is 16.0 Å². The van der Waals surface area contributed by atoms with Gasteiger partial charge in [0.1, 0.15) is 0 Å². The SMILES string of the molecule is CO[C@@H]1C[C@@H](C(=O)NCC2=CCCCC2)CC[C@H]1NC(=O)Nc1ccccc1. The van der Waals surface area contributed by atoms with E-state index in [4.69, 9.17) is 4.74 Å². The summed E-state index contributed by atoms with van der Waals surface area (Å²) in [7, 11) is 1.64. The number of anilines is 1. The molecule has 1 aromatic rings. The van der Waals surface area contributed by atoms with Crippen molar-refractivity contribution < 1.29 is 14.3 Å². The first-order valence-corrected chi connectivity index (χ1v) is 10.3. The van der Waals surface area contributed by atoms with Crippen molar-refractivity contribution in [2.75, 3.05) is 19.0 Å². The van der Waals surface area contributed by atoms with E-state index in [2.05, 4.69) is 22.0 Å². The van der Waals surface area contributed by atoms with Gasteiger partial charge in [-0.05, 0) is 57.1 Å². The van der Waals surface area contributed by atoms with Gasteiger partial charge in [0.05, 0.1) is 12.1 Å². The van der Waals surface area contributed by atoms with E-state index in [0.717, 1.165) is 31.4 Å². The number of methoxy groups -OCH3 is 1. The summed E-state index contributed by atoms with van der Waals surface area (Å²) in [5, 5.41) is 8.92. The van der Waals surface area contributed by atoms with Gasteiger partial charge in [0.25, 0.3) is 0 Å². The zero-order valence-electron chi connectivity index (χ0n) is 16.6. The van der Waals surface area contributed by atoms with E-state index in [1.54, 1.807) is 7.11 Å². The van der Waals surface area contributed by atoms with Crippen molar-refractivity contribution in [3.63, 3.8) is 0 Å². The Morgan fingerprint density at radius 3 is 2.68 bits per heavy atom. The van der Waals surface area contributed by atoms with Crippen LogP contribution in [0.4, 0.5) is 10.5 Å². The maximum absolute atomic E-state index is 12.6. The van der Waals surface area contributed by atoms with Crippen molar-refractivity contribution in [3.05, 3.63) is 42.0 Å². The largest absolute Gasteiger partial charge is 0.379 e. The molecule has 0 aromatic heterocycles. The van der Waals surface area contributed by atoms with Crippen LogP contribution in [0.25, 0.3) is 0 Å². The van der Waals surface area contributed by atoms with E-state index >= 15 is 0 Å². The van der Waals surface area contributed by atoms with Gasteiger partial charge in [-0.25, -0.2) is 4.79 Å². The fourth-order valence-electron chi connectivity index (χ4n) is 4.06. The first kappa shape index (κ1) is 20.4. The van der Waals surface area contributed by atoms with Crippen LogP contribution in [0, 0.1) is 5.92 Å². The molecule has 3 N–H and O–H groups in total. The van der Waals surface area contributed by atoms with E-state index in [1.165, 1.54) is 18.4 Å². The number of carbonyl (C=O) groups excluding carboxylic acids is 2. The predicted molar refractivity (Wildman–Crippen MR) is 110 cm³/mol. The first-order valence-electron chi connectivity index (χ1n) is 10.3. The Labute approximate surface area is 167 Å². The first-order chi connectivity index (χ1) is 13.7. The predicted octanol–water partition coefficient (Wildman–Crippen LogP) is 3.61. The fraction of sp³-hybridized carbons (Fsp3) is 0.545. The number of rotatable bonds is 6. The highest BCUT2D eigenvalue weighted by atomic mass is 16.5. The number of benzene rings is 1. The van der Waals surface area contributed by atoms with Gasteiger partial charge < -0.3 is 20.7 Å². The average Bonchev–Trinajstić information content (AvgIpc) is 2.73. The normalized spacial score (nSPS) is 24.8. The topological polar surface area (TPSA) is 79.5 Å². The molecule has 0 saturated heterocycles. The molecular formula is C22H31N3O3. The van der Waals surface area contributed by atoms with E-state index in [0.29, 0.717) is 13.0 Å². The Hall–Kier alpha value is -2.34. The molecule has 3 atom stereocenters. The van der Waals surface area contributed by atoms with E-state index in [1.807, 2.05) is 30.3 Å². The number of nitrogens with one attached hydrogen (secondary N) is 3. The molecule has 6 heteroatoms. The Kier molecular flexibility index (Phi) is 7.48. The van der Waals surface area contributed by atoms with Crippen LogP contribution >= 0.6 is 0 Å². The Morgan fingerprint density at radius 1 is 1.14 bits per heavy atom. The third-order valence-electron chi connectivity index (χ3n) is 5.69. The number of para-hydroxylation sites is 1. The molecule has 0 radical (unpaired) electrons. The van der Waals surface area contributed by atoms with Gasteiger partial charge in [0, 0.05) is 25.3 Å². The molecule has 3 amide bonds. The van der Waals surface area contributed by atoms with E-state index in [9.17, 15) is 9.59 Å². The third-order valence-corrected chi connectivity index (χ3v) is 5.69. The molecular weight excluding hydrogens is 354 g/mol. The van der Waals surface area contributed by atoms with Crippen LogP contribution in [0.2, 0.25) is 0 Å². The summed E-state index contributed by atoms with van der Waals surface area (Å²) in [6.07, 6.45) is 8.87. The van der Waals surface area contributed by atoms with Gasteiger partial charge in [-0.3, -0.25) is 4.79 Å². The fourth-order valence-corrected chi connectivity index (χ4v) is 4.06. The summed E-state index contributed by atoms with van der Waals surface area (Å²) in [5.74, 6) is 0.0325. The molecule has 0 heterocycles. The lowest BCUT2D eigenvalue weighted by Gasteiger charge is -2.35. The van der Waals surface area contributed by atoms with E-state index in [-0.39, 0.29) is 30.0 Å². The van der Waals surface area contributed by atoms with Crippen molar-refractivity contribution in [1.29, 1.82) is 0 Å². The van der Waals surface area contributed by atoms with Crippen LogP contribution in [0.3, 0.4) is 0 Å². The van der Waals surface area contributed by atoms with Gasteiger partial charge in [-0.15, -0.1) is 0 Å². The second-order valence-corrected chi connectivity index (χ2v) is 7.68. The molecule has 152 valence electrons. The molecule has 1 saturated carbocycles. The number of ether oxygens (including phenoxy) is 1. The molecule has 6 nitrogen and oxygen atoms in total. The quantitative estimate of drug-likeness (QED) is 0.655. The average molecular weight is 386 g/mol. The van der Waals surface area contributed by atoms with Crippen LogP contribution in [0.1, 0.15) is 44.9 Å². The monoisotopic (exact) mass is 385 g/mol. The van der Waals surface area contributed by atoms with Crippen LogP contribution in [0.5, 0.6) is 0 Å². The minimum atomic E-state index is -0.245. The zero-order chi connectivity index (χ0) is 19.8. The van der Waals surface area contributed by atoms with Gasteiger partial charge in [-0.2, -0.15) is 0 Å². The smallest absolute Gasteiger partial charge is 0.319 e. The molecule has 3 rings (SSSR count). The summed E-state index contributed by atoms with van der Waals surface area (Å²) in [4.78, 5) is 24.9. The molecule has 0 aliphatic heterocycles. The molecule has 28 heavy (non-hydrogen) atoms. The number of hydrogen-bond donors (Lipinski definition) is 3. The van der Waals surface area contributed by atoms with Crippen molar-refractivity contribution in [3.8, 4) is 0 Å². The molecule has 2 aliphatic carbocycles. The lowest BCUT2D eigenvalue weighted by Crippen LogP contribution is -2.50. The highest BCUT2D eigenvalue weighted by Crippen LogP contribution is 2.27. The highest BCUT2D eigenvalue weighted by molar-refractivity contribution is 5.89. The van der Waals surface area contributed by atoms with Gasteiger partial charge in [0.2, 0.25) is 5.91 Å². The lowest BCUT2D eigenvalue weighted by molar-refractivity contribution is -0.127. The summed E-state index contributed by atoms with van der Waals surface area (Å²) in [6, 6.07) is 9.00. The molecule has 1 fully saturated rings. The molecule has 0 spiro atoms.